The SMILES string of the molecule is O=C(Nc1ccc(COC(=O)c2ccccn2)c(F)c1)c1ccccn1. The molecule has 6 nitrogen and oxygen atoms in total. The lowest BCUT2D eigenvalue weighted by Crippen LogP contribution is -2.13. The van der Waals surface area contributed by atoms with E-state index < -0.39 is 17.7 Å². The van der Waals surface area contributed by atoms with E-state index >= 15 is 0 Å². The number of ether oxygens (including phenoxy) is 1. The van der Waals surface area contributed by atoms with Crippen LogP contribution in [0.5, 0.6) is 0 Å². The molecule has 0 aliphatic rings. The molecule has 0 saturated heterocycles. The molecule has 0 bridgehead atoms. The Morgan fingerprint density at radius 1 is 0.962 bits per heavy atom. The van der Waals surface area contributed by atoms with Crippen LogP contribution in [-0.4, -0.2) is 21.8 Å². The number of halogens is 1. The predicted molar refractivity (Wildman–Crippen MR) is 91.9 cm³/mol. The lowest BCUT2D eigenvalue weighted by atomic mass is 10.2. The van der Waals surface area contributed by atoms with Gasteiger partial charge in [0.15, 0.2) is 0 Å². The minimum atomic E-state index is -0.641. The Balaban J connectivity index is 1.62. The predicted octanol–water partition coefficient (Wildman–Crippen LogP) is 3.23. The zero-order chi connectivity index (χ0) is 18.4. The van der Waals surface area contributed by atoms with Crippen molar-refractivity contribution < 1.29 is 18.7 Å². The van der Waals surface area contributed by atoms with Gasteiger partial charge in [-0.3, -0.25) is 9.78 Å². The van der Waals surface area contributed by atoms with Gasteiger partial charge in [-0.05, 0) is 36.4 Å². The van der Waals surface area contributed by atoms with E-state index in [-0.39, 0.29) is 29.2 Å². The molecule has 1 aromatic carbocycles. The lowest BCUT2D eigenvalue weighted by molar-refractivity contribution is 0.0462. The zero-order valence-corrected chi connectivity index (χ0v) is 13.6. The number of benzene rings is 1. The van der Waals surface area contributed by atoms with Crippen molar-refractivity contribution in [2.45, 2.75) is 6.61 Å². The van der Waals surface area contributed by atoms with Crippen LogP contribution in [0.15, 0.2) is 67.0 Å². The maximum Gasteiger partial charge on any atom is 0.357 e. The topological polar surface area (TPSA) is 81.2 Å². The van der Waals surface area contributed by atoms with E-state index in [1.165, 1.54) is 30.6 Å². The van der Waals surface area contributed by atoms with Crippen molar-refractivity contribution in [2.75, 3.05) is 5.32 Å². The zero-order valence-electron chi connectivity index (χ0n) is 13.6. The first-order chi connectivity index (χ1) is 12.6. The van der Waals surface area contributed by atoms with Crippen molar-refractivity contribution in [3.05, 3.63) is 89.8 Å². The van der Waals surface area contributed by atoms with E-state index in [0.717, 1.165) is 6.07 Å². The van der Waals surface area contributed by atoms with Gasteiger partial charge >= 0.3 is 5.97 Å². The van der Waals surface area contributed by atoms with Crippen molar-refractivity contribution in [2.24, 2.45) is 0 Å². The van der Waals surface area contributed by atoms with Crippen LogP contribution in [-0.2, 0) is 11.3 Å². The highest BCUT2D eigenvalue weighted by atomic mass is 19.1. The van der Waals surface area contributed by atoms with Crippen molar-refractivity contribution in [3.8, 4) is 0 Å². The fraction of sp³-hybridized carbons (Fsp3) is 0.0526. The second-order valence-corrected chi connectivity index (χ2v) is 5.27. The van der Waals surface area contributed by atoms with E-state index in [4.69, 9.17) is 4.74 Å². The summed E-state index contributed by atoms with van der Waals surface area (Å²) in [5.74, 6) is -1.69. The molecule has 26 heavy (non-hydrogen) atoms. The Kier molecular flexibility index (Phi) is 5.28. The van der Waals surface area contributed by atoms with Gasteiger partial charge in [0.05, 0.1) is 0 Å². The average Bonchev–Trinajstić information content (AvgIpc) is 2.68. The highest BCUT2D eigenvalue weighted by molar-refractivity contribution is 6.02. The first-order valence-electron chi connectivity index (χ1n) is 7.72. The number of nitrogens with one attached hydrogen (secondary N) is 1. The third kappa shape index (κ3) is 4.27. The number of hydrogen-bond donors (Lipinski definition) is 1. The van der Waals surface area contributed by atoms with E-state index in [1.807, 2.05) is 0 Å². The van der Waals surface area contributed by atoms with Crippen LogP contribution in [0.3, 0.4) is 0 Å². The van der Waals surface area contributed by atoms with Crippen molar-refractivity contribution in [1.82, 2.24) is 9.97 Å². The maximum atomic E-state index is 14.2. The van der Waals surface area contributed by atoms with Gasteiger partial charge in [-0.1, -0.05) is 18.2 Å². The third-order valence-corrected chi connectivity index (χ3v) is 3.44. The highest BCUT2D eigenvalue weighted by Gasteiger charge is 2.12. The van der Waals surface area contributed by atoms with E-state index in [2.05, 4.69) is 15.3 Å². The van der Waals surface area contributed by atoms with Gasteiger partial charge < -0.3 is 10.1 Å². The molecule has 1 N–H and O–H groups in total. The molecule has 7 heteroatoms. The lowest BCUT2D eigenvalue weighted by Gasteiger charge is -2.08. The highest BCUT2D eigenvalue weighted by Crippen LogP contribution is 2.16. The molecule has 0 radical (unpaired) electrons. The molecule has 0 aliphatic heterocycles. The number of anilines is 1. The Bertz CT molecular complexity index is 918. The summed E-state index contributed by atoms with van der Waals surface area (Å²) in [6, 6.07) is 13.9. The number of hydrogen-bond acceptors (Lipinski definition) is 5. The fourth-order valence-corrected chi connectivity index (χ4v) is 2.14. The molecule has 130 valence electrons. The van der Waals surface area contributed by atoms with E-state index in [9.17, 15) is 14.0 Å². The van der Waals surface area contributed by atoms with Crippen LogP contribution in [0.2, 0.25) is 0 Å². The summed E-state index contributed by atoms with van der Waals surface area (Å²) in [5, 5.41) is 2.56. The summed E-state index contributed by atoms with van der Waals surface area (Å²) in [6.45, 7) is -0.240. The smallest absolute Gasteiger partial charge is 0.357 e. The fourth-order valence-electron chi connectivity index (χ4n) is 2.14. The molecule has 2 heterocycles. The summed E-state index contributed by atoms with van der Waals surface area (Å²) in [5.41, 5.74) is 0.830. The minimum absolute atomic E-state index is 0.146. The Morgan fingerprint density at radius 3 is 2.27 bits per heavy atom. The molecule has 0 unspecified atom stereocenters. The van der Waals surface area contributed by atoms with Gasteiger partial charge in [-0.25, -0.2) is 14.2 Å². The van der Waals surface area contributed by atoms with E-state index in [0.29, 0.717) is 0 Å². The Hall–Kier alpha value is -3.61. The molecule has 0 saturated carbocycles. The molecule has 0 atom stereocenters. The molecule has 0 fully saturated rings. The average molecular weight is 351 g/mol. The normalized spacial score (nSPS) is 10.2. The van der Waals surface area contributed by atoms with Gasteiger partial charge in [0.1, 0.15) is 23.8 Å². The van der Waals surface area contributed by atoms with Crippen LogP contribution in [0.1, 0.15) is 26.5 Å². The first kappa shape index (κ1) is 17.2. The number of amides is 1. The third-order valence-electron chi connectivity index (χ3n) is 3.44. The quantitative estimate of drug-likeness (QED) is 0.714. The Labute approximate surface area is 148 Å². The molecular formula is C19H14FN3O3. The van der Waals surface area contributed by atoms with Gasteiger partial charge in [0.2, 0.25) is 0 Å². The van der Waals surface area contributed by atoms with Crippen LogP contribution >= 0.6 is 0 Å². The number of carbonyl (C=O) groups excluding carboxylic acids is 2. The minimum Gasteiger partial charge on any atom is -0.456 e. The molecule has 1 amide bonds. The van der Waals surface area contributed by atoms with Crippen LogP contribution in [0, 0.1) is 5.82 Å². The number of rotatable bonds is 5. The van der Waals surface area contributed by atoms with Gasteiger partial charge in [-0.2, -0.15) is 0 Å². The number of carbonyl (C=O) groups is 2. The molecule has 0 spiro atoms. The number of aromatic nitrogens is 2. The molecule has 3 aromatic rings. The monoisotopic (exact) mass is 351 g/mol. The summed E-state index contributed by atoms with van der Waals surface area (Å²) >= 11 is 0. The second kappa shape index (κ2) is 7.98. The summed E-state index contributed by atoms with van der Waals surface area (Å²) < 4.78 is 19.2. The molecule has 0 aliphatic carbocycles. The number of esters is 1. The molecule has 2 aromatic heterocycles. The van der Waals surface area contributed by atoms with Gasteiger partial charge in [0, 0.05) is 23.6 Å². The standard InChI is InChI=1S/C19H14FN3O3/c20-15-11-14(23-18(24)16-5-1-3-9-21-16)8-7-13(15)12-26-19(25)17-6-2-4-10-22-17/h1-11H,12H2,(H,23,24). The molecular weight excluding hydrogens is 337 g/mol. The summed E-state index contributed by atoms with van der Waals surface area (Å²) in [4.78, 5) is 31.6. The maximum absolute atomic E-state index is 14.2. The largest absolute Gasteiger partial charge is 0.456 e. The number of pyridine rings is 2. The van der Waals surface area contributed by atoms with Crippen molar-refractivity contribution >= 4 is 17.6 Å². The number of nitrogens with zero attached hydrogens (tertiary/aromatic N) is 2. The molecule has 3 rings (SSSR count). The first-order valence-corrected chi connectivity index (χ1v) is 7.72. The van der Waals surface area contributed by atoms with E-state index in [1.54, 1.807) is 30.3 Å². The van der Waals surface area contributed by atoms with Gasteiger partial charge in [0.25, 0.3) is 5.91 Å². The second-order valence-electron chi connectivity index (χ2n) is 5.27. The van der Waals surface area contributed by atoms with Crippen molar-refractivity contribution in [1.29, 1.82) is 0 Å². The van der Waals surface area contributed by atoms with Gasteiger partial charge in [-0.15, -0.1) is 0 Å². The van der Waals surface area contributed by atoms with Crippen LogP contribution in [0.25, 0.3) is 0 Å². The Morgan fingerprint density at radius 2 is 1.65 bits per heavy atom. The van der Waals surface area contributed by atoms with Crippen LogP contribution < -0.4 is 5.32 Å². The summed E-state index contributed by atoms with van der Waals surface area (Å²) in [6.07, 6.45) is 2.96. The summed E-state index contributed by atoms with van der Waals surface area (Å²) in [7, 11) is 0. The van der Waals surface area contributed by atoms with Crippen molar-refractivity contribution in [3.63, 3.8) is 0 Å². The van der Waals surface area contributed by atoms with Crippen LogP contribution in [0.4, 0.5) is 10.1 Å².